The molecular formula is C49H70N4O10. The second kappa shape index (κ2) is 24.8. The van der Waals surface area contributed by atoms with Gasteiger partial charge in [0.1, 0.15) is 12.2 Å². The normalized spacial score (nSPS) is 24.5. The van der Waals surface area contributed by atoms with Gasteiger partial charge in [-0.15, -0.1) is 0 Å². The van der Waals surface area contributed by atoms with E-state index in [4.69, 9.17) is 28.4 Å². The number of fused-ring (bicyclic) bond motifs is 2. The van der Waals surface area contributed by atoms with Crippen LogP contribution in [0.3, 0.4) is 0 Å². The van der Waals surface area contributed by atoms with E-state index in [2.05, 4.69) is 60.7 Å². The number of ether oxygens (including phenoxy) is 6. The topological polar surface area (TPSA) is 169 Å². The molecular weight excluding hydrogens is 805 g/mol. The van der Waals surface area contributed by atoms with E-state index in [0.717, 1.165) is 43.6 Å². The number of hydrogen-bond donors (Lipinski definition) is 5. The molecule has 0 spiro atoms. The minimum Gasteiger partial charge on any atom is -0.443 e. The number of alkyl carbamates (subject to hydrolysis) is 2. The van der Waals surface area contributed by atoms with Crippen LogP contribution >= 0.6 is 0 Å². The number of carbonyl (C=O) groups excluding carboxylic acids is 2. The van der Waals surface area contributed by atoms with Gasteiger partial charge in [-0.2, -0.15) is 0 Å². The summed E-state index contributed by atoms with van der Waals surface area (Å²) < 4.78 is 33.5. The molecule has 14 heteroatoms. The molecule has 0 bridgehead atoms. The van der Waals surface area contributed by atoms with Crippen molar-refractivity contribution in [1.29, 1.82) is 0 Å². The molecule has 0 aliphatic carbocycles. The monoisotopic (exact) mass is 875 g/mol. The predicted octanol–water partition coefficient (Wildman–Crippen LogP) is 5.30. The Labute approximate surface area is 373 Å². The van der Waals surface area contributed by atoms with Gasteiger partial charge in [-0.05, 0) is 60.8 Å². The maximum absolute atomic E-state index is 12.9. The number of benzene rings is 3. The van der Waals surface area contributed by atoms with Crippen LogP contribution in [0.1, 0.15) is 57.2 Å². The molecule has 346 valence electrons. The lowest BCUT2D eigenvalue weighted by Crippen LogP contribution is -2.50. The van der Waals surface area contributed by atoms with Crippen LogP contribution in [0.2, 0.25) is 0 Å². The summed E-state index contributed by atoms with van der Waals surface area (Å²) in [5.74, 6) is 1.10. The fourth-order valence-electron chi connectivity index (χ4n) is 8.66. The second-order valence-electron chi connectivity index (χ2n) is 18.1. The lowest BCUT2D eigenvalue weighted by Gasteiger charge is -2.31. The van der Waals surface area contributed by atoms with Crippen LogP contribution in [0.5, 0.6) is 0 Å². The van der Waals surface area contributed by atoms with Gasteiger partial charge in [0.15, 0.2) is 12.6 Å². The molecule has 2 amide bonds. The number of amides is 2. The molecule has 63 heavy (non-hydrogen) atoms. The molecule has 5 N–H and O–H groups in total. The molecule has 4 fully saturated rings. The largest absolute Gasteiger partial charge is 0.443 e. The Kier molecular flexibility index (Phi) is 19.0. The van der Waals surface area contributed by atoms with E-state index in [0.29, 0.717) is 64.2 Å². The third-order valence-corrected chi connectivity index (χ3v) is 11.8. The zero-order valence-electron chi connectivity index (χ0n) is 37.4. The van der Waals surface area contributed by atoms with Crippen molar-refractivity contribution >= 4 is 12.2 Å². The molecule has 0 radical (unpaired) electrons. The molecule has 0 unspecified atom stereocenters. The predicted molar refractivity (Wildman–Crippen MR) is 239 cm³/mol. The summed E-state index contributed by atoms with van der Waals surface area (Å²) in [4.78, 5) is 27.7. The Balaban J connectivity index is 0.000000215. The summed E-state index contributed by atoms with van der Waals surface area (Å²) >= 11 is 0. The van der Waals surface area contributed by atoms with Crippen molar-refractivity contribution < 1.29 is 48.2 Å². The third kappa shape index (κ3) is 15.5. The van der Waals surface area contributed by atoms with Gasteiger partial charge in [-0.25, -0.2) is 9.59 Å². The van der Waals surface area contributed by atoms with Gasteiger partial charge in [0, 0.05) is 26.2 Å². The van der Waals surface area contributed by atoms with Crippen LogP contribution in [0.4, 0.5) is 9.59 Å². The van der Waals surface area contributed by atoms with Crippen molar-refractivity contribution in [3.63, 3.8) is 0 Å². The molecule has 4 aliphatic heterocycles. The van der Waals surface area contributed by atoms with Gasteiger partial charge in [0.2, 0.25) is 0 Å². The quantitative estimate of drug-likeness (QED) is 0.0996. The van der Waals surface area contributed by atoms with E-state index in [-0.39, 0.29) is 36.6 Å². The minimum absolute atomic E-state index is 0.0747. The fourth-order valence-corrected chi connectivity index (χ4v) is 8.66. The second-order valence-corrected chi connectivity index (χ2v) is 18.1. The number of nitrogens with one attached hydrogen (secondary N) is 3. The van der Waals surface area contributed by atoms with Crippen LogP contribution in [-0.4, -0.2) is 129 Å². The van der Waals surface area contributed by atoms with Crippen LogP contribution < -0.4 is 16.0 Å². The van der Waals surface area contributed by atoms with Crippen molar-refractivity contribution in [1.82, 2.24) is 20.9 Å². The van der Waals surface area contributed by atoms with Gasteiger partial charge in [-0.3, -0.25) is 4.90 Å². The summed E-state index contributed by atoms with van der Waals surface area (Å²) in [6, 6.07) is 29.0. The molecule has 4 aliphatic rings. The molecule has 14 nitrogen and oxygen atoms in total. The zero-order chi connectivity index (χ0) is 44.6. The maximum Gasteiger partial charge on any atom is 0.407 e. The molecule has 3 aromatic rings. The molecule has 0 saturated carbocycles. The van der Waals surface area contributed by atoms with Gasteiger partial charge >= 0.3 is 12.2 Å². The van der Waals surface area contributed by atoms with E-state index in [9.17, 15) is 19.8 Å². The highest BCUT2D eigenvalue weighted by Crippen LogP contribution is 2.34. The number of rotatable bonds is 20. The van der Waals surface area contributed by atoms with Crippen LogP contribution in [-0.2, 0) is 47.8 Å². The van der Waals surface area contributed by atoms with E-state index >= 15 is 0 Å². The van der Waals surface area contributed by atoms with Gasteiger partial charge in [-0.1, -0.05) is 119 Å². The Morgan fingerprint density at radius 2 is 1.08 bits per heavy atom. The summed E-state index contributed by atoms with van der Waals surface area (Å²) in [7, 11) is 0. The molecule has 0 aromatic heterocycles. The standard InChI is InChI=1S/C28H38N2O5.C21H32N2O5/c1-20(2)16-30(17-22-11-7-4-8-12-22)18-25(31)24(15-21-9-5-3-6-10-21)29-28(32)35-26-19-34-27-23(26)13-14-33-27;1-14(2)11-22-12-18(24)17(10-15-6-4-3-5-7-15)23-21(25)28-19-13-27-20-16(19)8-9-26-20/h3-12,20,23-27,31H,13-19H2,1-2H3,(H,29,32);3-7,14,16-20,22,24H,8-13H2,1-2H3,(H,23,25)/t23-,24+,25-,26-,27+;16-,17+,18-,19-,20+/m11/s1. The van der Waals surface area contributed by atoms with Crippen molar-refractivity contribution in [3.05, 3.63) is 108 Å². The van der Waals surface area contributed by atoms with Crippen molar-refractivity contribution in [2.24, 2.45) is 23.7 Å². The fraction of sp³-hybridized carbons (Fsp3) is 0.592. The van der Waals surface area contributed by atoms with Crippen molar-refractivity contribution in [2.45, 2.75) is 109 Å². The van der Waals surface area contributed by atoms with Crippen LogP contribution in [0.25, 0.3) is 0 Å². The van der Waals surface area contributed by atoms with Crippen LogP contribution in [0, 0.1) is 23.7 Å². The molecule has 3 aromatic carbocycles. The number of aliphatic hydroxyl groups is 2. The lowest BCUT2D eigenvalue weighted by molar-refractivity contribution is -0.0909. The minimum atomic E-state index is -0.771. The smallest absolute Gasteiger partial charge is 0.407 e. The maximum atomic E-state index is 12.9. The average molecular weight is 875 g/mol. The van der Waals surface area contributed by atoms with E-state index < -0.39 is 36.5 Å². The first-order valence-corrected chi connectivity index (χ1v) is 22.8. The number of hydrogen-bond acceptors (Lipinski definition) is 12. The Hall–Kier alpha value is -4.12. The van der Waals surface area contributed by atoms with Gasteiger partial charge in [0.05, 0.1) is 62.6 Å². The molecule has 10 atom stereocenters. The first-order chi connectivity index (χ1) is 30.5. The van der Waals surface area contributed by atoms with E-state index in [1.165, 1.54) is 5.56 Å². The third-order valence-electron chi connectivity index (χ3n) is 11.8. The summed E-state index contributed by atoms with van der Waals surface area (Å²) in [6.45, 7) is 13.7. The number of nitrogens with zero attached hydrogens (tertiary/aromatic N) is 1. The first kappa shape index (κ1) is 48.3. The summed E-state index contributed by atoms with van der Waals surface area (Å²) in [5, 5.41) is 31.1. The highest BCUT2D eigenvalue weighted by Gasteiger charge is 2.45. The average Bonchev–Trinajstić information content (AvgIpc) is 4.08. The summed E-state index contributed by atoms with van der Waals surface area (Å²) in [5.41, 5.74) is 3.29. The van der Waals surface area contributed by atoms with Gasteiger partial charge < -0.3 is 54.6 Å². The number of aliphatic hydroxyl groups excluding tert-OH is 2. The van der Waals surface area contributed by atoms with Crippen molar-refractivity contribution in [3.8, 4) is 0 Å². The van der Waals surface area contributed by atoms with E-state index in [1.807, 2.05) is 78.9 Å². The molecule has 4 heterocycles. The lowest BCUT2D eigenvalue weighted by atomic mass is 10.00. The SMILES string of the molecule is CC(C)CN(Cc1ccccc1)C[C@@H](O)[C@H](Cc1ccccc1)NC(=O)O[C@@H]1CO[C@@H]2OCC[C@@H]21.CC(C)CNC[C@@H](O)[C@H](Cc1ccccc1)NC(=O)O[C@@H]1CO[C@@H]2OCC[C@@H]21. The van der Waals surface area contributed by atoms with E-state index in [1.54, 1.807) is 0 Å². The zero-order valence-corrected chi connectivity index (χ0v) is 37.4. The van der Waals surface area contributed by atoms with Crippen LogP contribution in [0.15, 0.2) is 91.0 Å². The number of carbonyl (C=O) groups is 2. The summed E-state index contributed by atoms with van der Waals surface area (Å²) in [6.07, 6.45) is -1.03. The Morgan fingerprint density at radius 1 is 0.619 bits per heavy atom. The Bertz CT molecular complexity index is 1780. The Morgan fingerprint density at radius 3 is 1.54 bits per heavy atom. The molecule has 7 rings (SSSR count). The van der Waals surface area contributed by atoms with Crippen molar-refractivity contribution in [2.75, 3.05) is 52.6 Å². The van der Waals surface area contributed by atoms with Gasteiger partial charge in [0.25, 0.3) is 0 Å². The highest BCUT2D eigenvalue weighted by atomic mass is 16.7. The first-order valence-electron chi connectivity index (χ1n) is 22.8. The molecule has 4 saturated heterocycles. The highest BCUT2D eigenvalue weighted by molar-refractivity contribution is 5.68.